The van der Waals surface area contributed by atoms with Gasteiger partial charge >= 0.3 is 0 Å². The van der Waals surface area contributed by atoms with Crippen LogP contribution in [0.15, 0.2) is 4.99 Å². The summed E-state index contributed by atoms with van der Waals surface area (Å²) in [5.41, 5.74) is 0.0733. The lowest BCUT2D eigenvalue weighted by molar-refractivity contribution is -0.113. The number of guanidine groups is 1. The van der Waals surface area contributed by atoms with Gasteiger partial charge in [-0.15, -0.1) is 24.0 Å². The van der Waals surface area contributed by atoms with Gasteiger partial charge in [0, 0.05) is 44.2 Å². The Balaban J connectivity index is 0.00000392. The number of halogens is 1. The van der Waals surface area contributed by atoms with E-state index in [2.05, 4.69) is 36.4 Å². The van der Waals surface area contributed by atoms with Crippen LogP contribution in [0.1, 0.15) is 59.8 Å². The zero-order valence-corrected chi connectivity index (χ0v) is 21.2. The standard InChI is InChI=1S/C19H38N4O3S.HI/c1-6-8-13-26-17-14-16(19(17,3)4)22-18(20-5)21-15-9-11-23(12-10-15)27(24,25)7-2;/h15-17H,6-14H2,1-5H3,(H2,20,21,22);1H. The Bertz CT molecular complexity index is 604. The summed E-state index contributed by atoms with van der Waals surface area (Å²) >= 11 is 0. The second-order valence-corrected chi connectivity index (χ2v) is 10.5. The first kappa shape index (κ1) is 25.9. The molecule has 2 fully saturated rings. The van der Waals surface area contributed by atoms with E-state index >= 15 is 0 Å². The number of unbranched alkanes of at least 4 members (excludes halogenated alkanes) is 1. The first-order valence-electron chi connectivity index (χ1n) is 10.3. The smallest absolute Gasteiger partial charge is 0.213 e. The number of piperidine rings is 1. The highest BCUT2D eigenvalue weighted by Gasteiger charge is 2.49. The molecular formula is C19H39IN4O3S. The molecule has 2 unspecified atom stereocenters. The summed E-state index contributed by atoms with van der Waals surface area (Å²) in [4.78, 5) is 4.38. The molecule has 0 amide bonds. The van der Waals surface area contributed by atoms with Gasteiger partial charge in [-0.1, -0.05) is 27.2 Å². The molecule has 2 atom stereocenters. The third kappa shape index (κ3) is 6.43. The lowest BCUT2D eigenvalue weighted by atomic mass is 9.64. The maximum Gasteiger partial charge on any atom is 0.213 e. The van der Waals surface area contributed by atoms with Gasteiger partial charge in [0.05, 0.1) is 11.9 Å². The Hall–Kier alpha value is -0.130. The summed E-state index contributed by atoms with van der Waals surface area (Å²) in [6, 6.07) is 0.579. The molecule has 2 rings (SSSR count). The predicted octanol–water partition coefficient (Wildman–Crippen LogP) is 2.57. The van der Waals surface area contributed by atoms with Crippen LogP contribution in [0.2, 0.25) is 0 Å². The molecule has 2 N–H and O–H groups in total. The van der Waals surface area contributed by atoms with E-state index in [0.717, 1.165) is 44.7 Å². The molecule has 166 valence electrons. The molecule has 1 saturated heterocycles. The van der Waals surface area contributed by atoms with Gasteiger partial charge in [-0.25, -0.2) is 12.7 Å². The SMILES string of the molecule is CCCCOC1CC(NC(=NC)NC2CCN(S(=O)(=O)CC)CC2)C1(C)C.I. The Morgan fingerprint density at radius 3 is 2.36 bits per heavy atom. The van der Waals surface area contributed by atoms with Crippen LogP contribution < -0.4 is 10.6 Å². The van der Waals surface area contributed by atoms with Crippen LogP contribution in [0.5, 0.6) is 0 Å². The molecule has 28 heavy (non-hydrogen) atoms. The number of rotatable bonds is 8. The third-order valence-corrected chi connectivity index (χ3v) is 7.96. The highest BCUT2D eigenvalue weighted by atomic mass is 127. The van der Waals surface area contributed by atoms with Gasteiger partial charge in [-0.3, -0.25) is 4.99 Å². The minimum absolute atomic E-state index is 0. The van der Waals surface area contributed by atoms with Gasteiger partial charge < -0.3 is 15.4 Å². The van der Waals surface area contributed by atoms with Gasteiger partial charge in [-0.2, -0.15) is 0 Å². The first-order chi connectivity index (χ1) is 12.7. The van der Waals surface area contributed by atoms with Crippen LogP contribution >= 0.6 is 24.0 Å². The van der Waals surface area contributed by atoms with Gasteiger partial charge in [-0.05, 0) is 32.6 Å². The number of ether oxygens (including phenoxy) is 1. The fourth-order valence-corrected chi connectivity index (χ4v) is 4.91. The van der Waals surface area contributed by atoms with Gasteiger partial charge in [0.2, 0.25) is 10.0 Å². The number of sulfonamides is 1. The summed E-state index contributed by atoms with van der Waals surface area (Å²) in [6.45, 7) is 10.4. The molecule has 0 bridgehead atoms. The quantitative estimate of drug-likeness (QED) is 0.218. The highest BCUT2D eigenvalue weighted by molar-refractivity contribution is 14.0. The molecule has 0 aromatic heterocycles. The fourth-order valence-electron chi connectivity index (χ4n) is 3.77. The van der Waals surface area contributed by atoms with E-state index in [4.69, 9.17) is 4.74 Å². The van der Waals surface area contributed by atoms with Crippen molar-refractivity contribution in [1.82, 2.24) is 14.9 Å². The Labute approximate surface area is 188 Å². The maximum absolute atomic E-state index is 12.0. The molecule has 0 aromatic carbocycles. The first-order valence-corrected chi connectivity index (χ1v) is 11.9. The fraction of sp³-hybridized carbons (Fsp3) is 0.947. The van der Waals surface area contributed by atoms with Crippen molar-refractivity contribution in [3.05, 3.63) is 0 Å². The lowest BCUT2D eigenvalue weighted by Crippen LogP contribution is -2.64. The molecule has 1 aliphatic heterocycles. The lowest BCUT2D eigenvalue weighted by Gasteiger charge is -2.52. The summed E-state index contributed by atoms with van der Waals surface area (Å²) in [5.74, 6) is 0.976. The van der Waals surface area contributed by atoms with Crippen molar-refractivity contribution in [2.75, 3.05) is 32.5 Å². The average Bonchev–Trinajstić information content (AvgIpc) is 2.66. The van der Waals surface area contributed by atoms with E-state index in [1.807, 2.05) is 0 Å². The molecule has 0 spiro atoms. The van der Waals surface area contributed by atoms with Crippen molar-refractivity contribution in [3.8, 4) is 0 Å². The molecule has 1 saturated carbocycles. The van der Waals surface area contributed by atoms with Gasteiger partial charge in [0.15, 0.2) is 5.96 Å². The highest BCUT2D eigenvalue weighted by Crippen LogP contribution is 2.42. The molecule has 2 aliphatic rings. The normalized spacial score (nSPS) is 26.2. The van der Waals surface area contributed by atoms with E-state index in [-0.39, 0.29) is 41.2 Å². The molecular weight excluding hydrogens is 491 g/mol. The van der Waals surface area contributed by atoms with Crippen LogP contribution in [0.4, 0.5) is 0 Å². The topological polar surface area (TPSA) is 83.0 Å². The zero-order chi connectivity index (χ0) is 20.1. The molecule has 1 heterocycles. The van der Waals surface area contributed by atoms with Crippen molar-refractivity contribution >= 4 is 40.0 Å². The minimum atomic E-state index is -3.08. The Morgan fingerprint density at radius 2 is 1.86 bits per heavy atom. The number of hydrogen-bond acceptors (Lipinski definition) is 4. The predicted molar refractivity (Wildman–Crippen MR) is 126 cm³/mol. The van der Waals surface area contributed by atoms with Crippen LogP contribution in [0, 0.1) is 5.41 Å². The second kappa shape index (κ2) is 11.3. The van der Waals surface area contributed by atoms with Crippen molar-refractivity contribution < 1.29 is 13.2 Å². The van der Waals surface area contributed by atoms with Crippen molar-refractivity contribution in [2.45, 2.75) is 78.0 Å². The monoisotopic (exact) mass is 530 g/mol. The number of hydrogen-bond donors (Lipinski definition) is 2. The number of aliphatic imine (C=N–C) groups is 1. The minimum Gasteiger partial charge on any atom is -0.378 e. The Kier molecular flexibility index (Phi) is 10.5. The van der Waals surface area contributed by atoms with Gasteiger partial charge in [0.1, 0.15) is 0 Å². The number of nitrogens with zero attached hydrogens (tertiary/aromatic N) is 2. The van der Waals surface area contributed by atoms with Crippen LogP contribution in [-0.4, -0.2) is 69.4 Å². The summed E-state index contributed by atoms with van der Waals surface area (Å²) < 4.78 is 31.6. The van der Waals surface area contributed by atoms with E-state index in [1.54, 1.807) is 18.3 Å². The molecule has 0 radical (unpaired) electrons. The zero-order valence-electron chi connectivity index (χ0n) is 18.0. The summed E-state index contributed by atoms with van der Waals surface area (Å²) in [7, 11) is -1.29. The van der Waals surface area contributed by atoms with E-state index in [0.29, 0.717) is 25.2 Å². The summed E-state index contributed by atoms with van der Waals surface area (Å²) in [6.07, 6.45) is 5.16. The Morgan fingerprint density at radius 1 is 1.21 bits per heavy atom. The van der Waals surface area contributed by atoms with Crippen molar-refractivity contribution in [3.63, 3.8) is 0 Å². The van der Waals surface area contributed by atoms with E-state index < -0.39 is 10.0 Å². The van der Waals surface area contributed by atoms with Crippen LogP contribution in [0.25, 0.3) is 0 Å². The van der Waals surface area contributed by atoms with Crippen LogP contribution in [0.3, 0.4) is 0 Å². The molecule has 9 heteroatoms. The summed E-state index contributed by atoms with van der Waals surface area (Å²) in [5, 5.41) is 7.02. The van der Waals surface area contributed by atoms with E-state index in [9.17, 15) is 8.42 Å². The maximum atomic E-state index is 12.0. The third-order valence-electron chi connectivity index (χ3n) is 6.08. The van der Waals surface area contributed by atoms with Gasteiger partial charge in [0.25, 0.3) is 0 Å². The van der Waals surface area contributed by atoms with Crippen LogP contribution in [-0.2, 0) is 14.8 Å². The molecule has 7 nitrogen and oxygen atoms in total. The second-order valence-electron chi connectivity index (χ2n) is 8.26. The molecule has 1 aliphatic carbocycles. The van der Waals surface area contributed by atoms with Crippen molar-refractivity contribution in [1.29, 1.82) is 0 Å². The van der Waals surface area contributed by atoms with E-state index in [1.165, 1.54) is 0 Å². The number of nitrogens with one attached hydrogen (secondary N) is 2. The largest absolute Gasteiger partial charge is 0.378 e. The van der Waals surface area contributed by atoms with Crippen molar-refractivity contribution in [2.24, 2.45) is 10.4 Å². The molecule has 0 aromatic rings. The average molecular weight is 531 g/mol.